The summed E-state index contributed by atoms with van der Waals surface area (Å²) in [5.41, 5.74) is 7.39. The maximum Gasteiger partial charge on any atom is 0.306 e. The van der Waals surface area contributed by atoms with Crippen LogP contribution in [0.1, 0.15) is 68.2 Å². The molecule has 0 amide bonds. The Labute approximate surface area is 219 Å². The van der Waals surface area contributed by atoms with E-state index in [2.05, 4.69) is 62.5 Å². The fourth-order valence-electron chi connectivity index (χ4n) is 5.92. The van der Waals surface area contributed by atoms with Gasteiger partial charge >= 0.3 is 5.97 Å². The molecule has 194 valence electrons. The number of rotatable bonds is 7. The number of anilines is 1. The number of methoxy groups -OCH3 is 2. The summed E-state index contributed by atoms with van der Waals surface area (Å²) >= 11 is 0. The van der Waals surface area contributed by atoms with Gasteiger partial charge in [-0.15, -0.1) is 0 Å². The smallest absolute Gasteiger partial charge is 0.306 e. The standard InChI is InChI=1S/C32H36FNO3/c1-31(2,3)27-10-6-20(14-25(27)26-16-23(36-4)8-11-29(26)33)19-34-22-7-9-24-21(15-22)18-32(12-13-32)28(24)17-30(35)37-5/h6-11,14-16,28,34H,12-13,17-19H2,1-5H3. The Morgan fingerprint density at radius 3 is 2.49 bits per heavy atom. The molecule has 1 atom stereocenters. The summed E-state index contributed by atoms with van der Waals surface area (Å²) in [6.45, 7) is 7.06. The van der Waals surface area contributed by atoms with Crippen molar-refractivity contribution in [1.82, 2.24) is 0 Å². The van der Waals surface area contributed by atoms with E-state index in [1.807, 2.05) is 0 Å². The van der Waals surface area contributed by atoms with Crippen molar-refractivity contribution in [1.29, 1.82) is 0 Å². The summed E-state index contributed by atoms with van der Waals surface area (Å²) in [7, 11) is 3.06. The number of fused-ring (bicyclic) bond motifs is 1. The summed E-state index contributed by atoms with van der Waals surface area (Å²) in [4.78, 5) is 12.0. The number of ether oxygens (including phenoxy) is 2. The molecule has 0 aromatic heterocycles. The molecule has 3 aromatic carbocycles. The second-order valence-corrected chi connectivity index (χ2v) is 11.6. The van der Waals surface area contributed by atoms with Gasteiger partial charge in [0, 0.05) is 23.7 Å². The molecule has 1 spiro atoms. The third-order valence-electron chi connectivity index (χ3n) is 8.14. The van der Waals surface area contributed by atoms with Crippen LogP contribution >= 0.6 is 0 Å². The minimum Gasteiger partial charge on any atom is -0.497 e. The van der Waals surface area contributed by atoms with Crippen molar-refractivity contribution in [3.05, 3.63) is 82.7 Å². The Morgan fingerprint density at radius 1 is 1.03 bits per heavy atom. The highest BCUT2D eigenvalue weighted by Crippen LogP contribution is 2.64. The maximum atomic E-state index is 15.0. The normalized spacial score (nSPS) is 17.4. The number of hydrogen-bond donors (Lipinski definition) is 1. The van der Waals surface area contributed by atoms with Crippen LogP contribution in [0.4, 0.5) is 10.1 Å². The number of halogens is 1. The number of hydrogen-bond acceptors (Lipinski definition) is 4. The molecular formula is C32H36FNO3. The van der Waals surface area contributed by atoms with Crippen LogP contribution < -0.4 is 10.1 Å². The lowest BCUT2D eigenvalue weighted by atomic mass is 9.81. The quantitative estimate of drug-likeness (QED) is 0.343. The van der Waals surface area contributed by atoms with Crippen molar-refractivity contribution in [2.24, 2.45) is 5.41 Å². The van der Waals surface area contributed by atoms with E-state index in [4.69, 9.17) is 9.47 Å². The molecule has 2 aliphatic carbocycles. The molecule has 5 heteroatoms. The molecule has 0 bridgehead atoms. The zero-order chi connectivity index (χ0) is 26.4. The number of nitrogens with one attached hydrogen (secondary N) is 1. The SMILES string of the molecule is COC(=O)CC1c2ccc(NCc3ccc(C(C)(C)C)c(-c4cc(OC)ccc4F)c3)cc2CC12CC2. The first kappa shape index (κ1) is 25.3. The zero-order valence-corrected chi connectivity index (χ0v) is 22.4. The van der Waals surface area contributed by atoms with Crippen LogP contribution in [0, 0.1) is 11.2 Å². The fraction of sp³-hybridized carbons (Fsp3) is 0.406. The predicted molar refractivity (Wildman–Crippen MR) is 146 cm³/mol. The van der Waals surface area contributed by atoms with Gasteiger partial charge in [0.15, 0.2) is 0 Å². The summed E-state index contributed by atoms with van der Waals surface area (Å²) < 4.78 is 25.3. The molecule has 5 rings (SSSR count). The van der Waals surface area contributed by atoms with Crippen molar-refractivity contribution in [3.63, 3.8) is 0 Å². The number of esters is 1. The van der Waals surface area contributed by atoms with Crippen molar-refractivity contribution < 1.29 is 18.7 Å². The van der Waals surface area contributed by atoms with Crippen molar-refractivity contribution in [2.45, 2.75) is 64.3 Å². The van der Waals surface area contributed by atoms with Crippen LogP contribution in [0.25, 0.3) is 11.1 Å². The topological polar surface area (TPSA) is 47.6 Å². The maximum absolute atomic E-state index is 15.0. The van der Waals surface area contributed by atoms with Gasteiger partial charge < -0.3 is 14.8 Å². The van der Waals surface area contributed by atoms with Gasteiger partial charge in [-0.1, -0.05) is 39.0 Å². The molecular weight excluding hydrogens is 465 g/mol. The van der Waals surface area contributed by atoms with E-state index in [1.165, 1.54) is 37.1 Å². The summed E-state index contributed by atoms with van der Waals surface area (Å²) in [5, 5.41) is 3.57. The van der Waals surface area contributed by atoms with Gasteiger partial charge in [-0.05, 0) is 94.3 Å². The predicted octanol–water partition coefficient (Wildman–Crippen LogP) is 7.39. The van der Waals surface area contributed by atoms with Crippen molar-refractivity contribution in [3.8, 4) is 16.9 Å². The molecule has 37 heavy (non-hydrogen) atoms. The van der Waals surface area contributed by atoms with Crippen LogP contribution in [0.15, 0.2) is 54.6 Å². The van der Waals surface area contributed by atoms with E-state index in [1.54, 1.807) is 19.2 Å². The molecule has 1 fully saturated rings. The summed E-state index contributed by atoms with van der Waals surface area (Å²) in [5.74, 6) is 0.505. The van der Waals surface area contributed by atoms with Gasteiger partial charge in [-0.25, -0.2) is 4.39 Å². The van der Waals surface area contributed by atoms with Gasteiger partial charge in [-0.3, -0.25) is 4.79 Å². The lowest BCUT2D eigenvalue weighted by Crippen LogP contribution is -2.14. The van der Waals surface area contributed by atoms with Crippen LogP contribution in [0.3, 0.4) is 0 Å². The van der Waals surface area contributed by atoms with Gasteiger partial charge in [0.05, 0.1) is 20.6 Å². The molecule has 2 aliphatic rings. The van der Waals surface area contributed by atoms with E-state index in [0.717, 1.165) is 28.8 Å². The summed E-state index contributed by atoms with van der Waals surface area (Å²) in [6.07, 6.45) is 3.84. The lowest BCUT2D eigenvalue weighted by molar-refractivity contribution is -0.141. The van der Waals surface area contributed by atoms with Crippen molar-refractivity contribution >= 4 is 11.7 Å². The molecule has 0 radical (unpaired) electrons. The molecule has 1 N–H and O–H groups in total. The first-order valence-corrected chi connectivity index (χ1v) is 13.0. The zero-order valence-electron chi connectivity index (χ0n) is 22.4. The average molecular weight is 502 g/mol. The average Bonchev–Trinajstić information content (AvgIpc) is 3.59. The van der Waals surface area contributed by atoms with E-state index in [0.29, 0.717) is 24.3 Å². The van der Waals surface area contributed by atoms with Gasteiger partial charge in [0.2, 0.25) is 0 Å². The Bertz CT molecular complexity index is 1340. The molecule has 1 unspecified atom stereocenters. The Hall–Kier alpha value is -3.34. The third kappa shape index (κ3) is 4.96. The van der Waals surface area contributed by atoms with E-state index in [-0.39, 0.29) is 28.5 Å². The van der Waals surface area contributed by atoms with Crippen LogP contribution in [-0.2, 0) is 27.9 Å². The molecule has 4 nitrogen and oxygen atoms in total. The van der Waals surface area contributed by atoms with E-state index >= 15 is 0 Å². The van der Waals surface area contributed by atoms with Crippen LogP contribution in [0.5, 0.6) is 5.75 Å². The molecule has 0 saturated heterocycles. The van der Waals surface area contributed by atoms with Gasteiger partial charge in [-0.2, -0.15) is 0 Å². The molecule has 3 aromatic rings. The highest BCUT2D eigenvalue weighted by molar-refractivity contribution is 5.72. The minimum absolute atomic E-state index is 0.131. The number of carbonyl (C=O) groups excluding carboxylic acids is 1. The summed E-state index contributed by atoms with van der Waals surface area (Å²) in [6, 6.07) is 17.7. The molecule has 0 aliphatic heterocycles. The van der Waals surface area contributed by atoms with Crippen LogP contribution in [-0.4, -0.2) is 20.2 Å². The van der Waals surface area contributed by atoms with E-state index in [9.17, 15) is 9.18 Å². The Morgan fingerprint density at radius 2 is 1.81 bits per heavy atom. The second-order valence-electron chi connectivity index (χ2n) is 11.6. The van der Waals surface area contributed by atoms with Gasteiger partial charge in [0.1, 0.15) is 11.6 Å². The Kier molecular flexibility index (Phi) is 6.51. The number of carbonyl (C=O) groups is 1. The van der Waals surface area contributed by atoms with Crippen LogP contribution in [0.2, 0.25) is 0 Å². The van der Waals surface area contributed by atoms with Crippen molar-refractivity contribution in [2.75, 3.05) is 19.5 Å². The lowest BCUT2D eigenvalue weighted by Gasteiger charge is -2.24. The highest BCUT2D eigenvalue weighted by atomic mass is 19.1. The largest absolute Gasteiger partial charge is 0.497 e. The Balaban J connectivity index is 1.39. The first-order chi connectivity index (χ1) is 17.6. The first-order valence-electron chi connectivity index (χ1n) is 13.0. The van der Waals surface area contributed by atoms with Gasteiger partial charge in [0.25, 0.3) is 0 Å². The highest BCUT2D eigenvalue weighted by Gasteiger charge is 2.54. The molecule has 1 saturated carbocycles. The fourth-order valence-corrected chi connectivity index (χ4v) is 5.92. The second kappa shape index (κ2) is 9.51. The third-order valence-corrected chi connectivity index (χ3v) is 8.14. The minimum atomic E-state index is -0.259. The number of benzene rings is 3. The van der Waals surface area contributed by atoms with E-state index < -0.39 is 0 Å². The molecule has 0 heterocycles. The monoisotopic (exact) mass is 501 g/mol.